The molecule has 3 aliphatic heterocycles. The SMILES string of the molecule is O=C1c2cnc(Nc3ccc(N4CCN(CCNS(=O)(=O)C5COC5)CC4)c(Cl)c3)nc2OCN1c1c(Cl)cccc1Cl. The van der Waals surface area contributed by atoms with Crippen LogP contribution < -0.4 is 24.6 Å². The number of para-hydroxylation sites is 1. The van der Waals surface area contributed by atoms with E-state index < -0.39 is 15.3 Å². The van der Waals surface area contributed by atoms with Gasteiger partial charge in [-0.25, -0.2) is 18.1 Å². The van der Waals surface area contributed by atoms with Gasteiger partial charge in [0.05, 0.1) is 39.7 Å². The van der Waals surface area contributed by atoms with E-state index in [4.69, 9.17) is 44.3 Å². The highest BCUT2D eigenvalue weighted by Gasteiger charge is 2.33. The first-order valence-corrected chi connectivity index (χ1v) is 16.2. The van der Waals surface area contributed by atoms with Gasteiger partial charge in [-0.15, -0.1) is 0 Å². The number of hydrogen-bond donors (Lipinski definition) is 2. The largest absolute Gasteiger partial charge is 0.455 e. The molecule has 2 fully saturated rings. The molecular weight excluding hydrogens is 641 g/mol. The van der Waals surface area contributed by atoms with Crippen molar-refractivity contribution in [2.75, 3.05) is 74.3 Å². The maximum atomic E-state index is 13.1. The van der Waals surface area contributed by atoms with Gasteiger partial charge in [0.2, 0.25) is 21.9 Å². The summed E-state index contributed by atoms with van der Waals surface area (Å²) in [7, 11) is -3.31. The Labute approximate surface area is 263 Å². The van der Waals surface area contributed by atoms with E-state index in [9.17, 15) is 13.2 Å². The molecule has 1 amide bonds. The standard InChI is InChI=1S/C27H28Cl3N7O5S/c28-20-2-1-3-21(29)24(20)37-16-42-25-19(26(37)38)13-31-27(34-25)33-17-4-5-23(22(30)12-17)36-10-8-35(9-11-36)7-6-32-43(39,40)18-14-41-15-18/h1-5,12-13,18,32H,6-11,14-16H2,(H,31,33,34). The second kappa shape index (κ2) is 12.6. The number of carbonyl (C=O) groups excluding carboxylic acids is 1. The van der Waals surface area contributed by atoms with E-state index in [0.717, 1.165) is 31.9 Å². The zero-order valence-corrected chi connectivity index (χ0v) is 25.9. The van der Waals surface area contributed by atoms with E-state index in [1.807, 2.05) is 12.1 Å². The number of hydrogen-bond acceptors (Lipinski definition) is 10. The normalized spacial score (nSPS) is 17.8. The van der Waals surface area contributed by atoms with Gasteiger partial charge in [0.1, 0.15) is 10.8 Å². The Morgan fingerprint density at radius 2 is 1.74 bits per heavy atom. The van der Waals surface area contributed by atoms with Gasteiger partial charge >= 0.3 is 0 Å². The first-order chi connectivity index (χ1) is 20.7. The summed E-state index contributed by atoms with van der Waals surface area (Å²) in [4.78, 5) is 27.6. The molecule has 0 spiro atoms. The van der Waals surface area contributed by atoms with Crippen LogP contribution in [0.3, 0.4) is 0 Å². The van der Waals surface area contributed by atoms with Crippen LogP contribution in [0, 0.1) is 0 Å². The van der Waals surface area contributed by atoms with Crippen LogP contribution in [0.2, 0.25) is 15.1 Å². The highest BCUT2D eigenvalue weighted by molar-refractivity contribution is 7.90. The molecule has 0 unspecified atom stereocenters. The molecule has 3 aliphatic rings. The van der Waals surface area contributed by atoms with Crippen LogP contribution in [0.25, 0.3) is 0 Å². The van der Waals surface area contributed by atoms with Gasteiger partial charge in [-0.2, -0.15) is 4.98 Å². The van der Waals surface area contributed by atoms with Crippen molar-refractivity contribution in [1.82, 2.24) is 19.6 Å². The maximum Gasteiger partial charge on any atom is 0.268 e. The quantitative estimate of drug-likeness (QED) is 0.349. The third-order valence-electron chi connectivity index (χ3n) is 7.46. The summed E-state index contributed by atoms with van der Waals surface area (Å²) >= 11 is 19.2. The molecule has 2 saturated heterocycles. The summed E-state index contributed by atoms with van der Waals surface area (Å²) in [5.74, 6) is 0.0152. The third kappa shape index (κ3) is 6.48. The fourth-order valence-electron chi connectivity index (χ4n) is 4.97. The number of halogens is 3. The van der Waals surface area contributed by atoms with Gasteiger partial charge in [-0.1, -0.05) is 40.9 Å². The molecule has 3 aromatic rings. The molecule has 0 atom stereocenters. The van der Waals surface area contributed by atoms with E-state index in [1.54, 1.807) is 24.3 Å². The first kappa shape index (κ1) is 30.1. The number of nitrogens with one attached hydrogen (secondary N) is 2. The topological polar surface area (TPSA) is 129 Å². The average molecular weight is 669 g/mol. The average Bonchev–Trinajstić information content (AvgIpc) is 2.93. The highest BCUT2D eigenvalue weighted by Crippen LogP contribution is 2.37. The number of carbonyl (C=O) groups is 1. The molecule has 12 nitrogen and oxygen atoms in total. The van der Waals surface area contributed by atoms with Crippen molar-refractivity contribution in [3.05, 3.63) is 63.2 Å². The zero-order chi connectivity index (χ0) is 30.1. The van der Waals surface area contributed by atoms with Gasteiger partial charge in [0.15, 0.2) is 6.73 Å². The second-order valence-electron chi connectivity index (χ2n) is 10.2. The van der Waals surface area contributed by atoms with Gasteiger partial charge in [0, 0.05) is 51.2 Å². The Hall–Kier alpha value is -2.91. The molecule has 43 heavy (non-hydrogen) atoms. The number of piperazine rings is 1. The Bertz CT molecular complexity index is 1610. The minimum absolute atomic E-state index is 0.106. The number of fused-ring (bicyclic) bond motifs is 1. The predicted octanol–water partition coefficient (Wildman–Crippen LogP) is 3.62. The number of ether oxygens (including phenoxy) is 2. The maximum absolute atomic E-state index is 13.1. The number of benzene rings is 2. The lowest BCUT2D eigenvalue weighted by atomic mass is 10.2. The van der Waals surface area contributed by atoms with Gasteiger partial charge < -0.3 is 19.7 Å². The molecule has 6 rings (SSSR count). The molecular formula is C27H28Cl3N7O5S. The minimum Gasteiger partial charge on any atom is -0.455 e. The zero-order valence-electron chi connectivity index (χ0n) is 22.8. The van der Waals surface area contributed by atoms with Crippen LogP contribution in [0.1, 0.15) is 10.4 Å². The lowest BCUT2D eigenvalue weighted by Crippen LogP contribution is -2.51. The van der Waals surface area contributed by atoms with Crippen LogP contribution in [0.5, 0.6) is 5.88 Å². The number of anilines is 4. The molecule has 2 aromatic carbocycles. The van der Waals surface area contributed by atoms with E-state index in [2.05, 4.69) is 29.8 Å². The summed E-state index contributed by atoms with van der Waals surface area (Å²) in [5, 5.41) is 3.89. The summed E-state index contributed by atoms with van der Waals surface area (Å²) in [6.45, 7) is 4.51. The van der Waals surface area contributed by atoms with Gasteiger partial charge in [-0.3, -0.25) is 14.6 Å². The smallest absolute Gasteiger partial charge is 0.268 e. The molecule has 1 aromatic heterocycles. The van der Waals surface area contributed by atoms with Crippen molar-refractivity contribution in [1.29, 1.82) is 0 Å². The minimum atomic E-state index is -3.31. The molecule has 2 N–H and O–H groups in total. The molecule has 0 bridgehead atoms. The number of aromatic nitrogens is 2. The van der Waals surface area contributed by atoms with Crippen molar-refractivity contribution >= 4 is 73.7 Å². The van der Waals surface area contributed by atoms with Crippen LogP contribution >= 0.6 is 34.8 Å². The Morgan fingerprint density at radius 1 is 1.00 bits per heavy atom. The molecule has 0 aliphatic carbocycles. The number of amides is 1. The summed E-state index contributed by atoms with van der Waals surface area (Å²) in [6, 6.07) is 10.6. The Balaban J connectivity index is 1.04. The molecule has 0 saturated carbocycles. The van der Waals surface area contributed by atoms with Crippen LogP contribution in [-0.2, 0) is 14.8 Å². The number of rotatable bonds is 9. The third-order valence-corrected chi connectivity index (χ3v) is 10.1. The molecule has 4 heterocycles. The number of nitrogens with zero attached hydrogens (tertiary/aromatic N) is 5. The summed E-state index contributed by atoms with van der Waals surface area (Å²) < 4.78 is 37.7. The van der Waals surface area contributed by atoms with Crippen LogP contribution in [-0.4, -0.2) is 93.7 Å². The van der Waals surface area contributed by atoms with Crippen LogP contribution in [0.4, 0.5) is 23.0 Å². The van der Waals surface area contributed by atoms with E-state index in [1.165, 1.54) is 11.1 Å². The van der Waals surface area contributed by atoms with Crippen molar-refractivity contribution in [2.45, 2.75) is 5.25 Å². The lowest BCUT2D eigenvalue weighted by Gasteiger charge is -2.36. The second-order valence-corrected chi connectivity index (χ2v) is 13.5. The van der Waals surface area contributed by atoms with Crippen molar-refractivity contribution in [2.24, 2.45) is 0 Å². The first-order valence-electron chi connectivity index (χ1n) is 13.6. The Morgan fingerprint density at radius 3 is 2.42 bits per heavy atom. The van der Waals surface area contributed by atoms with Gasteiger partial charge in [0.25, 0.3) is 5.91 Å². The van der Waals surface area contributed by atoms with Crippen LogP contribution in [0.15, 0.2) is 42.6 Å². The fraction of sp³-hybridized carbons (Fsp3) is 0.370. The Kier molecular flexibility index (Phi) is 8.83. The van der Waals surface area contributed by atoms with Crippen molar-refractivity contribution in [3.8, 4) is 5.88 Å². The van der Waals surface area contributed by atoms with Crippen molar-refractivity contribution in [3.63, 3.8) is 0 Å². The fourth-order valence-corrected chi connectivity index (χ4v) is 7.03. The molecule has 0 radical (unpaired) electrons. The van der Waals surface area contributed by atoms with Gasteiger partial charge in [-0.05, 0) is 30.3 Å². The van der Waals surface area contributed by atoms with Crippen molar-refractivity contribution < 1.29 is 22.7 Å². The van der Waals surface area contributed by atoms with E-state index >= 15 is 0 Å². The highest BCUT2D eigenvalue weighted by atomic mass is 35.5. The predicted molar refractivity (Wildman–Crippen MR) is 166 cm³/mol. The monoisotopic (exact) mass is 667 g/mol. The summed E-state index contributed by atoms with van der Waals surface area (Å²) in [5.41, 5.74) is 2.12. The lowest BCUT2D eigenvalue weighted by molar-refractivity contribution is 0.0411. The summed E-state index contributed by atoms with van der Waals surface area (Å²) in [6.07, 6.45) is 1.39. The molecule has 228 valence electrons. The van der Waals surface area contributed by atoms with E-state index in [0.29, 0.717) is 39.5 Å². The number of sulfonamides is 1. The molecule has 16 heteroatoms. The van der Waals surface area contributed by atoms with E-state index in [-0.39, 0.29) is 43.2 Å².